The Balaban J connectivity index is 1.51. The quantitative estimate of drug-likeness (QED) is 0.552. The molecule has 29 heavy (non-hydrogen) atoms. The summed E-state index contributed by atoms with van der Waals surface area (Å²) in [5.74, 6) is 0.906. The van der Waals surface area contributed by atoms with Gasteiger partial charge in [-0.15, -0.1) is 0 Å². The summed E-state index contributed by atoms with van der Waals surface area (Å²) < 4.78 is 0. The summed E-state index contributed by atoms with van der Waals surface area (Å²) in [5, 5.41) is 7.16. The first kappa shape index (κ1) is 17.7. The summed E-state index contributed by atoms with van der Waals surface area (Å²) in [6, 6.07) is 25.4. The summed E-state index contributed by atoms with van der Waals surface area (Å²) in [6.45, 7) is 2.24. The molecule has 1 heterocycles. The lowest BCUT2D eigenvalue weighted by molar-refractivity contribution is 0.827. The molecule has 0 aromatic heterocycles. The number of para-hydroxylation sites is 1. The van der Waals surface area contributed by atoms with E-state index in [1.165, 1.54) is 23.1 Å². The molecule has 2 N–H and O–H groups in total. The van der Waals surface area contributed by atoms with E-state index < -0.39 is 0 Å². The summed E-state index contributed by atoms with van der Waals surface area (Å²) in [5.41, 5.74) is 8.74. The third-order valence-electron chi connectivity index (χ3n) is 5.79. The van der Waals surface area contributed by atoms with Gasteiger partial charge in [0.25, 0.3) is 0 Å². The van der Waals surface area contributed by atoms with Gasteiger partial charge in [-0.1, -0.05) is 67.1 Å². The van der Waals surface area contributed by atoms with Crippen molar-refractivity contribution in [2.24, 2.45) is 4.99 Å². The van der Waals surface area contributed by atoms with Gasteiger partial charge in [-0.05, 0) is 60.2 Å². The fourth-order valence-electron chi connectivity index (χ4n) is 4.12. The van der Waals surface area contributed by atoms with Crippen molar-refractivity contribution in [3.63, 3.8) is 0 Å². The van der Waals surface area contributed by atoms with Crippen LogP contribution in [0.25, 0.3) is 6.08 Å². The molecule has 1 aliphatic heterocycles. The largest absolute Gasteiger partial charge is 0.359 e. The highest BCUT2D eigenvalue weighted by Gasteiger charge is 2.21. The monoisotopic (exact) mass is 379 g/mol. The molecule has 2 aliphatic rings. The molecular weight excluding hydrogens is 354 g/mol. The van der Waals surface area contributed by atoms with Gasteiger partial charge in [0.05, 0.1) is 0 Å². The van der Waals surface area contributed by atoms with E-state index in [-0.39, 0.29) is 6.17 Å². The van der Waals surface area contributed by atoms with E-state index >= 15 is 0 Å². The van der Waals surface area contributed by atoms with E-state index in [4.69, 9.17) is 4.99 Å². The molecule has 0 spiro atoms. The van der Waals surface area contributed by atoms with Gasteiger partial charge in [0.15, 0.2) is 0 Å². The molecule has 0 bridgehead atoms. The lowest BCUT2D eigenvalue weighted by Gasteiger charge is -2.26. The van der Waals surface area contributed by atoms with Crippen molar-refractivity contribution >= 4 is 23.3 Å². The van der Waals surface area contributed by atoms with Gasteiger partial charge in [-0.3, -0.25) is 0 Å². The van der Waals surface area contributed by atoms with Crippen LogP contribution in [0.2, 0.25) is 0 Å². The van der Waals surface area contributed by atoms with Crippen LogP contribution in [-0.4, -0.2) is 5.84 Å². The number of nitrogens with zero attached hydrogens (tertiary/aromatic N) is 1. The highest BCUT2D eigenvalue weighted by atomic mass is 15.2. The minimum Gasteiger partial charge on any atom is -0.359 e. The van der Waals surface area contributed by atoms with Gasteiger partial charge in [-0.25, -0.2) is 4.99 Å². The highest BCUT2D eigenvalue weighted by molar-refractivity contribution is 6.12. The number of rotatable bonds is 3. The molecule has 144 valence electrons. The molecule has 3 nitrogen and oxygen atoms in total. The maximum atomic E-state index is 5.01. The number of anilines is 2. The lowest BCUT2D eigenvalue weighted by Crippen LogP contribution is -2.25. The van der Waals surface area contributed by atoms with Crippen LogP contribution in [0.3, 0.4) is 0 Å². The standard InChI is InChI=1S/C26H25N3/c1-2-18-12-13-19-14-15-22(17-21(19)16-18)27-26-23-10-6-7-11-24(23)28-25(29-26)20-8-4-3-5-9-20/h3-11,14-17,25,28H,2,12-13H2,1H3,(H,27,29). The molecule has 0 radical (unpaired) electrons. The normalized spacial score (nSPS) is 17.3. The fraction of sp³-hybridized carbons (Fsp3) is 0.192. The fourth-order valence-corrected chi connectivity index (χ4v) is 4.12. The molecule has 0 amide bonds. The van der Waals surface area contributed by atoms with Crippen molar-refractivity contribution in [3.8, 4) is 0 Å². The smallest absolute Gasteiger partial charge is 0.147 e. The van der Waals surface area contributed by atoms with Crippen LogP contribution < -0.4 is 10.6 Å². The van der Waals surface area contributed by atoms with E-state index in [1.807, 2.05) is 6.07 Å². The Morgan fingerprint density at radius 3 is 2.66 bits per heavy atom. The summed E-state index contributed by atoms with van der Waals surface area (Å²) >= 11 is 0. The molecule has 0 saturated carbocycles. The predicted octanol–water partition coefficient (Wildman–Crippen LogP) is 6.41. The zero-order valence-corrected chi connectivity index (χ0v) is 16.7. The maximum absolute atomic E-state index is 5.01. The lowest BCUT2D eigenvalue weighted by atomic mass is 9.91. The Morgan fingerprint density at radius 1 is 0.966 bits per heavy atom. The number of hydrogen-bond acceptors (Lipinski definition) is 3. The summed E-state index contributed by atoms with van der Waals surface area (Å²) in [6.07, 6.45) is 5.70. The average Bonchev–Trinajstić information content (AvgIpc) is 2.79. The van der Waals surface area contributed by atoms with Crippen LogP contribution >= 0.6 is 0 Å². The first-order chi connectivity index (χ1) is 14.3. The third kappa shape index (κ3) is 3.56. The average molecular weight is 380 g/mol. The van der Waals surface area contributed by atoms with Gasteiger partial charge in [-0.2, -0.15) is 0 Å². The minimum atomic E-state index is -0.0992. The molecule has 3 heteroatoms. The number of aliphatic imine (C=N–C) groups is 1. The van der Waals surface area contributed by atoms with Crippen LogP contribution in [0.15, 0.2) is 83.4 Å². The van der Waals surface area contributed by atoms with Crippen LogP contribution in [0.1, 0.15) is 48.2 Å². The van der Waals surface area contributed by atoms with Gasteiger partial charge in [0.1, 0.15) is 12.0 Å². The predicted molar refractivity (Wildman–Crippen MR) is 122 cm³/mol. The number of benzene rings is 3. The third-order valence-corrected chi connectivity index (χ3v) is 5.79. The van der Waals surface area contributed by atoms with Crippen LogP contribution in [0.5, 0.6) is 0 Å². The maximum Gasteiger partial charge on any atom is 0.147 e. The van der Waals surface area contributed by atoms with E-state index in [9.17, 15) is 0 Å². The highest BCUT2D eigenvalue weighted by Crippen LogP contribution is 2.32. The first-order valence-electron chi connectivity index (χ1n) is 10.4. The SMILES string of the molecule is CCC1=Cc2cc(NC3=NC(c4ccccc4)Nc4ccccc43)ccc2CC1. The molecule has 0 fully saturated rings. The summed E-state index contributed by atoms with van der Waals surface area (Å²) in [7, 11) is 0. The molecule has 5 rings (SSSR count). The van der Waals surface area contributed by atoms with Gasteiger partial charge in [0, 0.05) is 16.9 Å². The molecule has 0 saturated heterocycles. The molecule has 1 unspecified atom stereocenters. The Hall–Kier alpha value is -3.33. The first-order valence-corrected chi connectivity index (χ1v) is 10.4. The second-order valence-electron chi connectivity index (χ2n) is 7.68. The van der Waals surface area contributed by atoms with Crippen molar-refractivity contribution in [3.05, 3.63) is 101 Å². The zero-order chi connectivity index (χ0) is 19.6. The number of allylic oxidation sites excluding steroid dienone is 1. The Kier molecular flexibility index (Phi) is 4.65. The van der Waals surface area contributed by atoms with Crippen molar-refractivity contribution < 1.29 is 0 Å². The molecule has 3 aromatic rings. The minimum absolute atomic E-state index is 0.0992. The van der Waals surface area contributed by atoms with Crippen LogP contribution in [-0.2, 0) is 6.42 Å². The molecule has 1 aliphatic carbocycles. The van der Waals surface area contributed by atoms with E-state index in [0.29, 0.717) is 0 Å². The number of aryl methyl sites for hydroxylation is 1. The van der Waals surface area contributed by atoms with Gasteiger partial charge < -0.3 is 10.6 Å². The Bertz CT molecular complexity index is 1100. The van der Waals surface area contributed by atoms with E-state index in [0.717, 1.165) is 41.2 Å². The Morgan fingerprint density at radius 2 is 1.79 bits per heavy atom. The van der Waals surface area contributed by atoms with Gasteiger partial charge in [0.2, 0.25) is 0 Å². The van der Waals surface area contributed by atoms with Crippen LogP contribution in [0.4, 0.5) is 11.4 Å². The molecule has 1 atom stereocenters. The van der Waals surface area contributed by atoms with Crippen LogP contribution in [0, 0.1) is 0 Å². The van der Waals surface area contributed by atoms with Crippen molar-refractivity contribution in [1.29, 1.82) is 0 Å². The number of amidine groups is 1. The second kappa shape index (κ2) is 7.59. The van der Waals surface area contributed by atoms with E-state index in [1.54, 1.807) is 0 Å². The van der Waals surface area contributed by atoms with Crippen molar-refractivity contribution in [2.45, 2.75) is 32.4 Å². The summed E-state index contributed by atoms with van der Waals surface area (Å²) in [4.78, 5) is 5.01. The second-order valence-corrected chi connectivity index (χ2v) is 7.68. The number of fused-ring (bicyclic) bond motifs is 2. The van der Waals surface area contributed by atoms with Crippen molar-refractivity contribution in [2.75, 3.05) is 10.6 Å². The van der Waals surface area contributed by atoms with Crippen molar-refractivity contribution in [1.82, 2.24) is 0 Å². The molecular formula is C26H25N3. The number of nitrogens with one attached hydrogen (secondary N) is 2. The number of hydrogen-bond donors (Lipinski definition) is 2. The van der Waals surface area contributed by atoms with E-state index in [2.05, 4.69) is 90.4 Å². The zero-order valence-electron chi connectivity index (χ0n) is 16.7. The topological polar surface area (TPSA) is 36.4 Å². The molecule has 3 aromatic carbocycles. The Labute approximate surface area is 172 Å². The van der Waals surface area contributed by atoms with Gasteiger partial charge >= 0.3 is 0 Å².